The van der Waals surface area contributed by atoms with Gasteiger partial charge in [-0.15, -0.1) is 0 Å². The molecular formula is C14H17F2N3O2. The van der Waals surface area contributed by atoms with Crippen LogP contribution in [0.15, 0.2) is 29.3 Å². The Morgan fingerprint density at radius 2 is 2.19 bits per heavy atom. The van der Waals surface area contributed by atoms with Crippen LogP contribution in [0.25, 0.3) is 0 Å². The first-order chi connectivity index (χ1) is 9.95. The molecule has 0 radical (unpaired) electrons. The topological polar surface area (TPSA) is 62.7 Å². The average molecular weight is 297 g/mol. The highest BCUT2D eigenvalue weighted by Crippen LogP contribution is 2.27. The number of hydrogen-bond donors (Lipinski definition) is 2. The number of nitrogens with one attached hydrogen (secondary N) is 2. The maximum absolute atomic E-state index is 12.3. The number of alkyl halides is 2. The predicted molar refractivity (Wildman–Crippen MR) is 74.3 cm³/mol. The lowest BCUT2D eigenvalue weighted by atomic mass is 9.92. The Hall–Kier alpha value is -2.18. The molecule has 1 aromatic carbocycles. The van der Waals surface area contributed by atoms with E-state index in [1.54, 1.807) is 19.1 Å². The van der Waals surface area contributed by atoms with Crippen LogP contribution >= 0.6 is 0 Å². The standard InChI is InChI=1S/C14H17F2N3O2/c1-3-7-17-13-18-11(20)14(2,19-13)9-5-4-6-10(8-9)21-12(15)16/h4-6,8,12H,3,7H2,1-2H3,(H2,17,18,19,20). The summed E-state index contributed by atoms with van der Waals surface area (Å²) in [6.07, 6.45) is 0.857. The number of carbonyl (C=O) groups is 1. The van der Waals surface area contributed by atoms with Gasteiger partial charge >= 0.3 is 6.61 Å². The fourth-order valence-corrected chi connectivity index (χ4v) is 2.05. The molecule has 0 aliphatic carbocycles. The van der Waals surface area contributed by atoms with Crippen LogP contribution in [-0.2, 0) is 10.3 Å². The number of guanidine groups is 1. The Balaban J connectivity index is 2.26. The summed E-state index contributed by atoms with van der Waals surface area (Å²) >= 11 is 0. The van der Waals surface area contributed by atoms with Crippen molar-refractivity contribution in [2.75, 3.05) is 6.54 Å². The van der Waals surface area contributed by atoms with Crippen molar-refractivity contribution in [2.24, 2.45) is 4.99 Å². The zero-order valence-electron chi connectivity index (χ0n) is 11.8. The minimum atomic E-state index is -2.90. The first-order valence-corrected chi connectivity index (χ1v) is 6.65. The van der Waals surface area contributed by atoms with Gasteiger partial charge in [0.25, 0.3) is 5.91 Å². The predicted octanol–water partition coefficient (Wildman–Crippen LogP) is 1.99. The fraction of sp³-hybridized carbons (Fsp3) is 0.429. The van der Waals surface area contributed by atoms with Gasteiger partial charge < -0.3 is 10.1 Å². The van der Waals surface area contributed by atoms with E-state index in [1.807, 2.05) is 6.92 Å². The number of halogens is 2. The molecule has 1 amide bonds. The lowest BCUT2D eigenvalue weighted by Gasteiger charge is -2.22. The first-order valence-electron chi connectivity index (χ1n) is 6.65. The molecule has 2 rings (SSSR count). The zero-order valence-corrected chi connectivity index (χ0v) is 11.8. The van der Waals surface area contributed by atoms with Crippen molar-refractivity contribution in [1.82, 2.24) is 10.6 Å². The van der Waals surface area contributed by atoms with Crippen molar-refractivity contribution < 1.29 is 18.3 Å². The minimum absolute atomic E-state index is 0.0114. The molecular weight excluding hydrogens is 280 g/mol. The largest absolute Gasteiger partial charge is 0.435 e. The third kappa shape index (κ3) is 3.29. The Labute approximate surface area is 121 Å². The molecule has 1 aromatic rings. The second kappa shape index (κ2) is 6.07. The van der Waals surface area contributed by atoms with Gasteiger partial charge in [-0.3, -0.25) is 15.1 Å². The minimum Gasteiger partial charge on any atom is -0.435 e. The fourth-order valence-electron chi connectivity index (χ4n) is 2.05. The van der Waals surface area contributed by atoms with E-state index < -0.39 is 12.2 Å². The Bertz CT molecular complexity index is 563. The van der Waals surface area contributed by atoms with Crippen LogP contribution in [0.3, 0.4) is 0 Å². The molecule has 1 heterocycles. The zero-order chi connectivity index (χ0) is 15.5. The monoisotopic (exact) mass is 297 g/mol. The highest BCUT2D eigenvalue weighted by molar-refractivity contribution is 6.09. The maximum atomic E-state index is 12.3. The third-order valence-electron chi connectivity index (χ3n) is 3.18. The quantitative estimate of drug-likeness (QED) is 0.873. The van der Waals surface area contributed by atoms with Gasteiger partial charge in [0, 0.05) is 6.54 Å². The van der Waals surface area contributed by atoms with Crippen LogP contribution in [0.1, 0.15) is 25.8 Å². The summed E-state index contributed by atoms with van der Waals surface area (Å²) in [7, 11) is 0. The molecule has 0 aromatic heterocycles. The number of hydrogen-bond acceptors (Lipinski definition) is 3. The van der Waals surface area contributed by atoms with E-state index in [9.17, 15) is 13.6 Å². The van der Waals surface area contributed by atoms with Crippen molar-refractivity contribution in [3.8, 4) is 5.75 Å². The van der Waals surface area contributed by atoms with Gasteiger partial charge in [-0.2, -0.15) is 8.78 Å². The van der Waals surface area contributed by atoms with E-state index in [1.165, 1.54) is 12.1 Å². The number of amides is 1. The Morgan fingerprint density at radius 3 is 2.86 bits per heavy atom. The average Bonchev–Trinajstić information content (AvgIpc) is 2.72. The molecule has 1 aliphatic heterocycles. The molecule has 1 unspecified atom stereocenters. The van der Waals surface area contributed by atoms with E-state index in [0.29, 0.717) is 18.1 Å². The van der Waals surface area contributed by atoms with Crippen LogP contribution in [0, 0.1) is 0 Å². The van der Waals surface area contributed by atoms with Crippen LogP contribution in [0.5, 0.6) is 5.75 Å². The smallest absolute Gasteiger partial charge is 0.387 e. The van der Waals surface area contributed by atoms with E-state index in [-0.39, 0.29) is 11.7 Å². The lowest BCUT2D eigenvalue weighted by molar-refractivity contribution is -0.123. The highest BCUT2D eigenvalue weighted by atomic mass is 19.3. The molecule has 1 fully saturated rings. The van der Waals surface area contributed by atoms with Gasteiger partial charge in [-0.25, -0.2) is 0 Å². The molecule has 1 atom stereocenters. The van der Waals surface area contributed by atoms with Crippen molar-refractivity contribution in [2.45, 2.75) is 32.4 Å². The molecule has 0 bridgehead atoms. The number of nitrogens with zero attached hydrogens (tertiary/aromatic N) is 1. The summed E-state index contributed by atoms with van der Waals surface area (Å²) in [6, 6.07) is 6.07. The Morgan fingerprint density at radius 1 is 1.43 bits per heavy atom. The highest BCUT2D eigenvalue weighted by Gasteiger charge is 2.42. The maximum Gasteiger partial charge on any atom is 0.387 e. The van der Waals surface area contributed by atoms with E-state index in [0.717, 1.165) is 6.42 Å². The second-order valence-electron chi connectivity index (χ2n) is 4.84. The van der Waals surface area contributed by atoms with Gasteiger partial charge in [0.05, 0.1) is 0 Å². The van der Waals surface area contributed by atoms with Crippen LogP contribution in [-0.4, -0.2) is 25.0 Å². The summed E-state index contributed by atoms with van der Waals surface area (Å²) in [6.45, 7) is 1.33. The molecule has 2 N–H and O–H groups in total. The van der Waals surface area contributed by atoms with Crippen LogP contribution < -0.4 is 15.4 Å². The van der Waals surface area contributed by atoms with E-state index >= 15 is 0 Å². The molecule has 5 nitrogen and oxygen atoms in total. The molecule has 1 saturated heterocycles. The SMILES string of the molecule is CCCN=C1NC(=O)C(C)(c2cccc(OC(F)F)c2)N1. The molecule has 0 saturated carbocycles. The summed E-state index contributed by atoms with van der Waals surface area (Å²) in [5.74, 6) is 0.119. The van der Waals surface area contributed by atoms with Crippen LogP contribution in [0.4, 0.5) is 8.78 Å². The Kier molecular flexibility index (Phi) is 4.40. The first kappa shape index (κ1) is 15.2. The number of carbonyl (C=O) groups excluding carboxylic acids is 1. The molecule has 21 heavy (non-hydrogen) atoms. The number of ether oxygens (including phenoxy) is 1. The number of rotatable bonds is 5. The van der Waals surface area contributed by atoms with Crippen molar-refractivity contribution in [3.63, 3.8) is 0 Å². The van der Waals surface area contributed by atoms with E-state index in [4.69, 9.17) is 0 Å². The molecule has 0 spiro atoms. The lowest BCUT2D eigenvalue weighted by Crippen LogP contribution is -2.40. The summed E-state index contributed by atoms with van der Waals surface area (Å²) in [4.78, 5) is 16.4. The van der Waals surface area contributed by atoms with Crippen LogP contribution in [0.2, 0.25) is 0 Å². The second-order valence-corrected chi connectivity index (χ2v) is 4.84. The van der Waals surface area contributed by atoms with Gasteiger partial charge in [0.1, 0.15) is 11.3 Å². The van der Waals surface area contributed by atoms with Crippen molar-refractivity contribution >= 4 is 11.9 Å². The summed E-state index contributed by atoms with van der Waals surface area (Å²) in [5.41, 5.74) is -0.534. The third-order valence-corrected chi connectivity index (χ3v) is 3.18. The summed E-state index contributed by atoms with van der Waals surface area (Å²) in [5, 5.41) is 5.64. The molecule has 7 heteroatoms. The van der Waals surface area contributed by atoms with Crippen molar-refractivity contribution in [1.29, 1.82) is 0 Å². The number of aliphatic imine (C=N–C) groups is 1. The summed E-state index contributed by atoms with van der Waals surface area (Å²) < 4.78 is 28.9. The van der Waals surface area contributed by atoms with E-state index in [2.05, 4.69) is 20.4 Å². The van der Waals surface area contributed by atoms with Gasteiger partial charge in [-0.05, 0) is 31.0 Å². The van der Waals surface area contributed by atoms with Crippen molar-refractivity contribution in [3.05, 3.63) is 29.8 Å². The van der Waals surface area contributed by atoms with Gasteiger partial charge in [0.15, 0.2) is 5.96 Å². The van der Waals surface area contributed by atoms with Gasteiger partial charge in [-0.1, -0.05) is 19.1 Å². The molecule has 114 valence electrons. The number of benzene rings is 1. The molecule has 1 aliphatic rings. The van der Waals surface area contributed by atoms with Gasteiger partial charge in [0.2, 0.25) is 0 Å². The normalized spacial score (nSPS) is 23.3.